The highest BCUT2D eigenvalue weighted by Crippen LogP contribution is 2.30. The number of nitrogens with one attached hydrogen (secondary N) is 1. The quantitative estimate of drug-likeness (QED) is 0.562. The minimum absolute atomic E-state index is 0.0512. The second-order valence-electron chi connectivity index (χ2n) is 7.52. The van der Waals surface area contributed by atoms with Crippen LogP contribution in [-0.2, 0) is 10.0 Å². The van der Waals surface area contributed by atoms with Crippen LogP contribution in [0.5, 0.6) is 5.75 Å². The molecule has 1 amide bonds. The molecular weight excluding hydrogens is 434 g/mol. The number of sulfonamides is 1. The molecule has 1 aliphatic carbocycles. The Balaban J connectivity index is 1.47. The van der Waals surface area contributed by atoms with E-state index in [1.165, 1.54) is 39.9 Å². The van der Waals surface area contributed by atoms with Gasteiger partial charge in [-0.25, -0.2) is 13.4 Å². The lowest BCUT2D eigenvalue weighted by molar-refractivity contribution is 0.102. The third-order valence-electron chi connectivity index (χ3n) is 5.52. The number of anilines is 1. The van der Waals surface area contributed by atoms with E-state index in [9.17, 15) is 13.2 Å². The van der Waals surface area contributed by atoms with E-state index >= 15 is 0 Å². The first-order valence-corrected chi connectivity index (χ1v) is 12.6. The molecule has 3 aromatic rings. The smallest absolute Gasteiger partial charge is 0.257 e. The number of amides is 1. The van der Waals surface area contributed by atoms with Gasteiger partial charge in [0.05, 0.1) is 21.7 Å². The molecule has 31 heavy (non-hydrogen) atoms. The van der Waals surface area contributed by atoms with Crippen molar-refractivity contribution in [2.24, 2.45) is 0 Å². The first-order valence-electron chi connectivity index (χ1n) is 10.3. The van der Waals surface area contributed by atoms with Crippen molar-refractivity contribution in [1.29, 1.82) is 0 Å². The zero-order valence-corrected chi connectivity index (χ0v) is 19.1. The van der Waals surface area contributed by atoms with Crippen LogP contribution in [0.15, 0.2) is 47.4 Å². The summed E-state index contributed by atoms with van der Waals surface area (Å²) in [6.07, 6.45) is 3.90. The molecule has 164 valence electrons. The summed E-state index contributed by atoms with van der Waals surface area (Å²) in [5.41, 5.74) is 1.15. The summed E-state index contributed by atoms with van der Waals surface area (Å²) in [4.78, 5) is 17.3. The van der Waals surface area contributed by atoms with Gasteiger partial charge in [-0.1, -0.05) is 24.2 Å². The number of benzene rings is 2. The van der Waals surface area contributed by atoms with Gasteiger partial charge in [0, 0.05) is 18.7 Å². The Kier molecular flexibility index (Phi) is 6.27. The van der Waals surface area contributed by atoms with Gasteiger partial charge in [-0.2, -0.15) is 4.31 Å². The Labute approximate surface area is 186 Å². The SMILES string of the molecule is CCOc1ccc2nc(NC(=O)c3ccc(S(=O)(=O)N(C)C4CCCC4)cc3)sc2c1. The molecule has 0 aliphatic heterocycles. The number of hydrogen-bond acceptors (Lipinski definition) is 6. The van der Waals surface area contributed by atoms with Gasteiger partial charge in [-0.05, 0) is 62.2 Å². The fraction of sp³-hybridized carbons (Fsp3) is 0.364. The highest BCUT2D eigenvalue weighted by Gasteiger charge is 2.30. The normalized spacial score (nSPS) is 14.9. The van der Waals surface area contributed by atoms with Crippen LogP contribution >= 0.6 is 11.3 Å². The van der Waals surface area contributed by atoms with Crippen LogP contribution in [0.3, 0.4) is 0 Å². The van der Waals surface area contributed by atoms with Crippen molar-refractivity contribution in [2.75, 3.05) is 19.0 Å². The minimum atomic E-state index is -3.57. The van der Waals surface area contributed by atoms with Crippen LogP contribution in [0.4, 0.5) is 5.13 Å². The molecule has 1 fully saturated rings. The molecule has 0 bridgehead atoms. The summed E-state index contributed by atoms with van der Waals surface area (Å²) in [5.74, 6) is 0.424. The van der Waals surface area contributed by atoms with Crippen LogP contribution in [0.1, 0.15) is 43.0 Å². The highest BCUT2D eigenvalue weighted by molar-refractivity contribution is 7.89. The third-order valence-corrected chi connectivity index (χ3v) is 8.38. The number of rotatable bonds is 7. The Bertz CT molecular complexity index is 1180. The predicted molar refractivity (Wildman–Crippen MR) is 122 cm³/mol. The van der Waals surface area contributed by atoms with Crippen molar-refractivity contribution in [2.45, 2.75) is 43.5 Å². The Morgan fingerprint density at radius 3 is 2.58 bits per heavy atom. The summed E-state index contributed by atoms with van der Waals surface area (Å²) >= 11 is 1.36. The van der Waals surface area contributed by atoms with Crippen LogP contribution in [0, 0.1) is 0 Å². The van der Waals surface area contributed by atoms with Gasteiger partial charge in [-0.15, -0.1) is 0 Å². The second kappa shape index (κ2) is 8.94. The molecule has 9 heteroatoms. The van der Waals surface area contributed by atoms with Crippen molar-refractivity contribution in [3.63, 3.8) is 0 Å². The number of thiazole rings is 1. The van der Waals surface area contributed by atoms with Crippen molar-refractivity contribution < 1.29 is 17.9 Å². The summed E-state index contributed by atoms with van der Waals surface area (Å²) in [6.45, 7) is 2.50. The second-order valence-corrected chi connectivity index (χ2v) is 10.5. The summed E-state index contributed by atoms with van der Waals surface area (Å²) in [5, 5.41) is 3.27. The molecule has 1 aromatic heterocycles. The van der Waals surface area contributed by atoms with Crippen LogP contribution in [0.2, 0.25) is 0 Å². The molecule has 0 unspecified atom stereocenters. The van der Waals surface area contributed by atoms with Crippen LogP contribution in [-0.4, -0.2) is 43.3 Å². The van der Waals surface area contributed by atoms with Crippen molar-refractivity contribution in [3.05, 3.63) is 48.0 Å². The number of ether oxygens (including phenoxy) is 1. The summed E-state index contributed by atoms with van der Waals surface area (Å²) < 4.78 is 33.6. The molecule has 0 atom stereocenters. The van der Waals surface area contributed by atoms with E-state index in [1.807, 2.05) is 25.1 Å². The van der Waals surface area contributed by atoms with Gasteiger partial charge in [0.15, 0.2) is 5.13 Å². The molecular formula is C22H25N3O4S2. The lowest BCUT2D eigenvalue weighted by Gasteiger charge is -2.23. The largest absolute Gasteiger partial charge is 0.494 e. The van der Waals surface area contributed by atoms with E-state index < -0.39 is 10.0 Å². The maximum Gasteiger partial charge on any atom is 0.257 e. The number of hydrogen-bond donors (Lipinski definition) is 1. The molecule has 1 heterocycles. The fourth-order valence-corrected chi connectivity index (χ4v) is 6.10. The summed E-state index contributed by atoms with van der Waals surface area (Å²) in [6, 6.07) is 11.7. The van der Waals surface area contributed by atoms with E-state index in [0.717, 1.165) is 41.6 Å². The standard InChI is InChI=1S/C22H25N3O4S2/c1-3-29-17-10-13-19-20(14-17)30-22(23-19)24-21(26)15-8-11-18(12-9-15)31(27,28)25(2)16-6-4-5-7-16/h8-14,16H,3-7H2,1-2H3,(H,23,24,26). The molecule has 7 nitrogen and oxygen atoms in total. The van der Waals surface area contributed by atoms with Crippen LogP contribution in [0.25, 0.3) is 10.2 Å². The molecule has 0 saturated heterocycles. The molecule has 1 aliphatic rings. The van der Waals surface area contributed by atoms with Crippen LogP contribution < -0.4 is 10.1 Å². The number of fused-ring (bicyclic) bond motifs is 1. The Morgan fingerprint density at radius 1 is 1.19 bits per heavy atom. The molecule has 0 spiro atoms. The maximum absolute atomic E-state index is 12.9. The molecule has 0 radical (unpaired) electrons. The third kappa shape index (κ3) is 4.58. The van der Waals surface area contributed by atoms with Gasteiger partial charge in [0.25, 0.3) is 5.91 Å². The van der Waals surface area contributed by atoms with Gasteiger partial charge in [0.1, 0.15) is 5.75 Å². The Morgan fingerprint density at radius 2 is 1.90 bits per heavy atom. The number of carbonyl (C=O) groups is 1. The fourth-order valence-electron chi connectivity index (χ4n) is 3.79. The molecule has 2 aromatic carbocycles. The lowest BCUT2D eigenvalue weighted by Crippen LogP contribution is -2.35. The zero-order chi connectivity index (χ0) is 22.0. The zero-order valence-electron chi connectivity index (χ0n) is 17.5. The molecule has 1 N–H and O–H groups in total. The number of nitrogens with zero attached hydrogens (tertiary/aromatic N) is 2. The van der Waals surface area contributed by atoms with Gasteiger partial charge in [0.2, 0.25) is 10.0 Å². The number of carbonyl (C=O) groups excluding carboxylic acids is 1. The monoisotopic (exact) mass is 459 g/mol. The van der Waals surface area contributed by atoms with Crippen molar-refractivity contribution in [1.82, 2.24) is 9.29 Å². The van der Waals surface area contributed by atoms with Gasteiger partial charge >= 0.3 is 0 Å². The van der Waals surface area contributed by atoms with E-state index in [1.54, 1.807) is 7.05 Å². The Hall–Kier alpha value is -2.49. The minimum Gasteiger partial charge on any atom is -0.494 e. The first-order chi connectivity index (χ1) is 14.9. The van der Waals surface area contributed by atoms with Gasteiger partial charge < -0.3 is 4.74 Å². The lowest BCUT2D eigenvalue weighted by atomic mass is 10.2. The van der Waals surface area contributed by atoms with E-state index in [4.69, 9.17) is 4.74 Å². The average Bonchev–Trinajstić information content (AvgIpc) is 3.43. The van der Waals surface area contributed by atoms with E-state index in [0.29, 0.717) is 17.3 Å². The van der Waals surface area contributed by atoms with E-state index in [2.05, 4.69) is 10.3 Å². The molecule has 1 saturated carbocycles. The van der Waals surface area contributed by atoms with Crippen molar-refractivity contribution in [3.8, 4) is 5.75 Å². The first kappa shape index (κ1) is 21.7. The molecule has 4 rings (SSSR count). The van der Waals surface area contributed by atoms with Crippen molar-refractivity contribution >= 4 is 42.6 Å². The van der Waals surface area contributed by atoms with Gasteiger partial charge in [-0.3, -0.25) is 10.1 Å². The topological polar surface area (TPSA) is 88.6 Å². The highest BCUT2D eigenvalue weighted by atomic mass is 32.2. The average molecular weight is 460 g/mol. The van der Waals surface area contributed by atoms with E-state index in [-0.39, 0.29) is 16.8 Å². The predicted octanol–water partition coefficient (Wildman–Crippen LogP) is 4.51. The number of aromatic nitrogens is 1. The summed E-state index contributed by atoms with van der Waals surface area (Å²) in [7, 11) is -1.94. The maximum atomic E-state index is 12.9.